The van der Waals surface area contributed by atoms with Crippen molar-refractivity contribution < 1.29 is 14.7 Å². The summed E-state index contributed by atoms with van der Waals surface area (Å²) >= 11 is 6.23. The van der Waals surface area contributed by atoms with Gasteiger partial charge in [0, 0.05) is 0 Å². The zero-order valence-electron chi connectivity index (χ0n) is 13.5. The number of hydrogen-bond donors (Lipinski definition) is 3. The van der Waals surface area contributed by atoms with Crippen LogP contribution in [0.15, 0.2) is 41.5 Å². The van der Waals surface area contributed by atoms with Crippen molar-refractivity contribution >= 4 is 29.1 Å². The van der Waals surface area contributed by atoms with Crippen LogP contribution in [0.2, 0.25) is 5.02 Å². The molecule has 0 aliphatic carbocycles. The largest absolute Gasteiger partial charge is 0.480 e. The van der Waals surface area contributed by atoms with Gasteiger partial charge < -0.3 is 10.4 Å². The van der Waals surface area contributed by atoms with E-state index in [1.807, 2.05) is 30.3 Å². The van der Waals surface area contributed by atoms with Gasteiger partial charge in [0.25, 0.3) is 5.91 Å². The van der Waals surface area contributed by atoms with Gasteiger partial charge in [-0.3, -0.25) is 19.5 Å². The number of nitrogens with one attached hydrogen (secondary N) is 2. The van der Waals surface area contributed by atoms with Crippen LogP contribution in [0, 0.1) is 0 Å². The second kappa shape index (κ2) is 7.40. The number of aryl methyl sites for hydroxylation is 2. The van der Waals surface area contributed by atoms with Crippen molar-refractivity contribution in [2.75, 3.05) is 6.54 Å². The number of carbonyl (C=O) groups excluding carboxylic acids is 1. The summed E-state index contributed by atoms with van der Waals surface area (Å²) < 4.78 is 1.47. The predicted molar refractivity (Wildman–Crippen MR) is 94.6 cm³/mol. The highest BCUT2D eigenvalue weighted by atomic mass is 35.5. The third-order valence-electron chi connectivity index (χ3n) is 3.88. The van der Waals surface area contributed by atoms with Crippen LogP contribution in [0.1, 0.15) is 21.6 Å². The van der Waals surface area contributed by atoms with E-state index in [0.29, 0.717) is 18.5 Å². The molecule has 1 amide bonds. The Kier molecular flexibility index (Phi) is 5.04. The second-order valence-corrected chi connectivity index (χ2v) is 5.95. The summed E-state index contributed by atoms with van der Waals surface area (Å²) in [6, 6.07) is 9.69. The Morgan fingerprint density at radius 3 is 2.65 bits per heavy atom. The number of carboxylic acid groups (broad SMARTS) is 1. The van der Waals surface area contributed by atoms with Crippen LogP contribution in [0.4, 0.5) is 0 Å². The number of rotatable bonds is 6. The van der Waals surface area contributed by atoms with Crippen molar-refractivity contribution in [3.05, 3.63) is 68.7 Å². The molecule has 26 heavy (non-hydrogen) atoms. The van der Waals surface area contributed by atoms with Crippen molar-refractivity contribution in [1.82, 2.24) is 19.9 Å². The van der Waals surface area contributed by atoms with Gasteiger partial charge in [0.05, 0.1) is 5.69 Å². The number of halogens is 1. The first-order chi connectivity index (χ1) is 12.5. The quantitative estimate of drug-likeness (QED) is 0.601. The number of aliphatic carboxylic acids is 1. The molecule has 0 aliphatic heterocycles. The van der Waals surface area contributed by atoms with Crippen LogP contribution in [-0.2, 0) is 17.6 Å². The summed E-state index contributed by atoms with van der Waals surface area (Å²) in [7, 11) is 0. The molecule has 0 aliphatic rings. The first-order valence-corrected chi connectivity index (χ1v) is 8.17. The highest BCUT2D eigenvalue weighted by molar-refractivity contribution is 6.31. The molecular weight excluding hydrogens is 360 g/mol. The summed E-state index contributed by atoms with van der Waals surface area (Å²) in [6.45, 7) is -0.609. The lowest BCUT2D eigenvalue weighted by atomic mass is 10.1. The van der Waals surface area contributed by atoms with Gasteiger partial charge in [-0.1, -0.05) is 41.9 Å². The lowest BCUT2D eigenvalue weighted by molar-refractivity contribution is -0.135. The van der Waals surface area contributed by atoms with E-state index in [1.165, 1.54) is 10.8 Å². The van der Waals surface area contributed by atoms with Crippen molar-refractivity contribution in [3.8, 4) is 0 Å². The number of amides is 1. The van der Waals surface area contributed by atoms with E-state index in [-0.39, 0.29) is 16.2 Å². The predicted octanol–water partition coefficient (Wildman–Crippen LogP) is 1.28. The molecule has 3 rings (SSSR count). The molecule has 0 radical (unpaired) electrons. The number of carboxylic acids is 1. The van der Waals surface area contributed by atoms with Crippen LogP contribution in [0.25, 0.3) is 5.65 Å². The van der Waals surface area contributed by atoms with Gasteiger partial charge in [-0.05, 0) is 18.4 Å². The van der Waals surface area contributed by atoms with Crippen LogP contribution in [0.3, 0.4) is 0 Å². The fraction of sp³-hybridized carbons (Fsp3) is 0.176. The monoisotopic (exact) mass is 374 g/mol. The van der Waals surface area contributed by atoms with Gasteiger partial charge in [-0.2, -0.15) is 0 Å². The molecule has 1 aromatic carbocycles. The minimum absolute atomic E-state index is 0.0943. The third kappa shape index (κ3) is 3.45. The first kappa shape index (κ1) is 17.7. The molecule has 3 N–H and O–H groups in total. The van der Waals surface area contributed by atoms with E-state index in [2.05, 4.69) is 15.4 Å². The molecule has 0 atom stereocenters. The highest BCUT2D eigenvalue weighted by Crippen LogP contribution is 2.18. The van der Waals surface area contributed by atoms with Gasteiger partial charge in [0.1, 0.15) is 23.5 Å². The van der Waals surface area contributed by atoms with E-state index >= 15 is 0 Å². The molecule has 9 heteroatoms. The number of hydrogen-bond acceptors (Lipinski definition) is 4. The minimum Gasteiger partial charge on any atom is -0.480 e. The van der Waals surface area contributed by atoms with Crippen molar-refractivity contribution in [3.63, 3.8) is 0 Å². The molecule has 0 fully saturated rings. The number of pyridine rings is 1. The van der Waals surface area contributed by atoms with Crippen LogP contribution >= 0.6 is 11.6 Å². The van der Waals surface area contributed by atoms with Crippen molar-refractivity contribution in [2.24, 2.45) is 0 Å². The van der Waals surface area contributed by atoms with E-state index in [0.717, 1.165) is 5.56 Å². The molecule has 3 aromatic rings. The topological polar surface area (TPSA) is 117 Å². The first-order valence-electron chi connectivity index (χ1n) is 7.79. The Hall–Kier alpha value is -3.13. The standard InChI is InChI=1S/C17H15ClN4O4/c18-14-11(7-6-10-4-2-1-3-5-10)22-16(20-9-21-22)13(15(14)25)17(26)19-8-12(23)24/h1-5,9H,6-8H2,(H,19,26)(H,20,21)(H,23,24). The van der Waals surface area contributed by atoms with Gasteiger partial charge in [0.15, 0.2) is 5.65 Å². The number of carbonyl (C=O) groups is 2. The Labute approximate surface area is 152 Å². The molecule has 8 nitrogen and oxygen atoms in total. The number of benzene rings is 1. The average Bonchev–Trinajstić information content (AvgIpc) is 3.10. The number of aromatic nitrogens is 3. The molecule has 134 valence electrons. The lowest BCUT2D eigenvalue weighted by Crippen LogP contribution is -2.34. The van der Waals surface area contributed by atoms with E-state index in [1.54, 1.807) is 0 Å². The normalized spacial score (nSPS) is 10.8. The molecule has 0 saturated heterocycles. The summed E-state index contributed by atoms with van der Waals surface area (Å²) in [5.74, 6) is -2.05. The van der Waals surface area contributed by atoms with Gasteiger partial charge >= 0.3 is 5.97 Å². The molecule has 2 aromatic heterocycles. The average molecular weight is 375 g/mol. The Morgan fingerprint density at radius 1 is 1.23 bits per heavy atom. The smallest absolute Gasteiger partial charge is 0.322 e. The summed E-state index contributed by atoms with van der Waals surface area (Å²) in [5.41, 5.74) is 0.714. The summed E-state index contributed by atoms with van der Waals surface area (Å²) in [4.78, 5) is 39.5. The molecule has 0 unspecified atom stereocenters. The SMILES string of the molecule is O=C(O)CNC(=O)c1c(=O)c(Cl)c(CCc2ccccc2)n2[nH]cnc12. The Morgan fingerprint density at radius 2 is 1.96 bits per heavy atom. The molecular formula is C17H15ClN4O4. The van der Waals surface area contributed by atoms with Crippen molar-refractivity contribution in [2.45, 2.75) is 12.8 Å². The minimum atomic E-state index is -1.22. The summed E-state index contributed by atoms with van der Waals surface area (Å²) in [6.07, 6.45) is 2.44. The molecule has 2 heterocycles. The van der Waals surface area contributed by atoms with Gasteiger partial charge in [-0.15, -0.1) is 0 Å². The van der Waals surface area contributed by atoms with Crippen LogP contribution < -0.4 is 10.7 Å². The number of fused-ring (bicyclic) bond motifs is 1. The fourth-order valence-corrected chi connectivity index (χ4v) is 2.94. The van der Waals surface area contributed by atoms with E-state index in [9.17, 15) is 14.4 Å². The van der Waals surface area contributed by atoms with E-state index in [4.69, 9.17) is 16.7 Å². The fourth-order valence-electron chi connectivity index (χ4n) is 2.67. The lowest BCUT2D eigenvalue weighted by Gasteiger charge is -2.10. The third-order valence-corrected chi connectivity index (χ3v) is 4.27. The molecule has 0 spiro atoms. The maximum Gasteiger partial charge on any atom is 0.322 e. The van der Waals surface area contributed by atoms with Crippen LogP contribution in [0.5, 0.6) is 0 Å². The van der Waals surface area contributed by atoms with Gasteiger partial charge in [0.2, 0.25) is 5.43 Å². The Balaban J connectivity index is 1.99. The maximum atomic E-state index is 12.6. The molecule has 0 saturated carbocycles. The number of aromatic amines is 1. The second-order valence-electron chi connectivity index (χ2n) is 5.57. The maximum absolute atomic E-state index is 12.6. The number of nitrogens with zero attached hydrogens (tertiary/aromatic N) is 2. The number of H-pyrrole nitrogens is 1. The Bertz CT molecular complexity index is 1030. The van der Waals surface area contributed by atoms with E-state index < -0.39 is 23.9 Å². The highest BCUT2D eigenvalue weighted by Gasteiger charge is 2.23. The van der Waals surface area contributed by atoms with Crippen LogP contribution in [-0.4, -0.2) is 38.1 Å². The summed E-state index contributed by atoms with van der Waals surface area (Å²) in [5, 5.41) is 13.6. The zero-order valence-corrected chi connectivity index (χ0v) is 14.3. The van der Waals surface area contributed by atoms with Crippen molar-refractivity contribution in [1.29, 1.82) is 0 Å². The van der Waals surface area contributed by atoms with Gasteiger partial charge in [-0.25, -0.2) is 9.50 Å². The molecule has 0 bridgehead atoms. The zero-order chi connectivity index (χ0) is 18.7.